The maximum absolute atomic E-state index is 13.2. The summed E-state index contributed by atoms with van der Waals surface area (Å²) in [6.45, 7) is 3.87. The summed E-state index contributed by atoms with van der Waals surface area (Å²) in [5.41, 5.74) is -1.19. The number of carbonyl (C=O) groups excluding carboxylic acids is 2. The lowest BCUT2D eigenvalue weighted by Gasteiger charge is -2.32. The van der Waals surface area contributed by atoms with Gasteiger partial charge in [-0.15, -0.1) is 0 Å². The van der Waals surface area contributed by atoms with Gasteiger partial charge in [0.25, 0.3) is 5.91 Å². The van der Waals surface area contributed by atoms with Crippen molar-refractivity contribution in [3.63, 3.8) is 0 Å². The molecule has 0 bridgehead atoms. The Morgan fingerprint density at radius 1 is 1.29 bits per heavy atom. The normalized spacial score (nSPS) is 21.4. The monoisotopic (exact) mass is 297 g/mol. The summed E-state index contributed by atoms with van der Waals surface area (Å²) in [5.74, 6) is -2.71. The van der Waals surface area contributed by atoms with Gasteiger partial charge in [0.15, 0.2) is 0 Å². The zero-order valence-electron chi connectivity index (χ0n) is 12.0. The number of amides is 1. The summed E-state index contributed by atoms with van der Waals surface area (Å²) in [6, 6.07) is 2.63. The van der Waals surface area contributed by atoms with Gasteiger partial charge in [-0.25, -0.2) is 13.6 Å². The van der Waals surface area contributed by atoms with Crippen molar-refractivity contribution in [2.45, 2.75) is 32.2 Å². The summed E-state index contributed by atoms with van der Waals surface area (Å²) >= 11 is 0. The molecule has 0 aromatic heterocycles. The number of hydrogen-bond donors (Lipinski definition) is 0. The van der Waals surface area contributed by atoms with Gasteiger partial charge in [0.2, 0.25) is 0 Å². The minimum atomic E-state index is -1.09. The van der Waals surface area contributed by atoms with Crippen LogP contribution in [0.4, 0.5) is 8.78 Å². The lowest BCUT2D eigenvalue weighted by atomic mass is 9.98. The molecular weight excluding hydrogens is 280 g/mol. The number of halogens is 2. The quantitative estimate of drug-likeness (QED) is 0.805. The van der Waals surface area contributed by atoms with Crippen molar-refractivity contribution in [1.82, 2.24) is 4.90 Å². The molecule has 1 aliphatic heterocycles. The molecule has 0 N–H and O–H groups in total. The molecule has 1 heterocycles. The van der Waals surface area contributed by atoms with Crippen LogP contribution in [-0.4, -0.2) is 35.5 Å². The van der Waals surface area contributed by atoms with E-state index in [0.29, 0.717) is 25.5 Å². The zero-order chi connectivity index (χ0) is 15.6. The Bertz CT molecular complexity index is 556. The molecule has 4 nitrogen and oxygen atoms in total. The van der Waals surface area contributed by atoms with Crippen LogP contribution in [0.3, 0.4) is 0 Å². The van der Waals surface area contributed by atoms with Crippen molar-refractivity contribution in [3.8, 4) is 0 Å². The number of ether oxygens (including phenoxy) is 1. The van der Waals surface area contributed by atoms with Gasteiger partial charge in [-0.2, -0.15) is 0 Å². The Morgan fingerprint density at radius 2 is 1.90 bits per heavy atom. The molecule has 114 valence electrons. The first-order valence-corrected chi connectivity index (χ1v) is 6.84. The van der Waals surface area contributed by atoms with Crippen LogP contribution in [0, 0.1) is 11.6 Å². The molecule has 1 unspecified atom stereocenters. The van der Waals surface area contributed by atoms with E-state index in [9.17, 15) is 18.4 Å². The molecule has 1 aromatic rings. The minimum absolute atomic E-state index is 0.107. The van der Waals surface area contributed by atoms with Crippen molar-refractivity contribution in [2.24, 2.45) is 0 Å². The number of carbonyl (C=O) groups is 2. The summed E-state index contributed by atoms with van der Waals surface area (Å²) < 4.78 is 31.5. The van der Waals surface area contributed by atoms with Crippen LogP contribution in [0.5, 0.6) is 0 Å². The predicted octanol–water partition coefficient (Wildman–Crippen LogP) is 2.52. The second kappa shape index (κ2) is 5.79. The zero-order valence-corrected chi connectivity index (χ0v) is 12.0. The van der Waals surface area contributed by atoms with Crippen molar-refractivity contribution >= 4 is 11.9 Å². The molecule has 2 rings (SSSR count). The van der Waals surface area contributed by atoms with Gasteiger partial charge in [0.05, 0.1) is 6.61 Å². The maximum atomic E-state index is 13.2. The van der Waals surface area contributed by atoms with Crippen LogP contribution >= 0.6 is 0 Å². The molecule has 0 saturated carbocycles. The number of likely N-dealkylation sites (tertiary alicyclic amines) is 1. The van der Waals surface area contributed by atoms with Crippen LogP contribution < -0.4 is 0 Å². The van der Waals surface area contributed by atoms with Gasteiger partial charge in [0, 0.05) is 18.2 Å². The Labute approximate surface area is 121 Å². The highest BCUT2D eigenvalue weighted by Crippen LogP contribution is 2.32. The largest absolute Gasteiger partial charge is 0.464 e. The minimum Gasteiger partial charge on any atom is -0.464 e. The standard InChI is InChI=1S/C15H17F2NO3/c1-3-21-14(20)15(2)5-4-6-18(15)13(19)10-7-11(16)9-12(17)8-10/h7-9H,3-6H2,1-2H3. The number of nitrogens with zero attached hydrogens (tertiary/aromatic N) is 1. The average Bonchev–Trinajstić information content (AvgIpc) is 2.80. The molecule has 1 aliphatic rings. The van der Waals surface area contributed by atoms with E-state index in [4.69, 9.17) is 4.74 Å². The summed E-state index contributed by atoms with van der Waals surface area (Å²) in [7, 11) is 0. The van der Waals surface area contributed by atoms with Crippen molar-refractivity contribution < 1.29 is 23.1 Å². The average molecular weight is 297 g/mol. The number of hydrogen-bond acceptors (Lipinski definition) is 3. The second-order valence-electron chi connectivity index (χ2n) is 5.21. The molecule has 1 saturated heterocycles. The predicted molar refractivity (Wildman–Crippen MR) is 71.7 cm³/mol. The van der Waals surface area contributed by atoms with Gasteiger partial charge in [-0.3, -0.25) is 4.79 Å². The topological polar surface area (TPSA) is 46.6 Å². The fraction of sp³-hybridized carbons (Fsp3) is 0.467. The van der Waals surface area contributed by atoms with Crippen molar-refractivity contribution in [1.29, 1.82) is 0 Å². The second-order valence-corrected chi connectivity index (χ2v) is 5.21. The summed E-state index contributed by atoms with van der Waals surface area (Å²) in [6.07, 6.45) is 1.11. The van der Waals surface area contributed by atoms with Crippen LogP contribution in [-0.2, 0) is 9.53 Å². The molecule has 1 atom stereocenters. The Morgan fingerprint density at radius 3 is 2.48 bits per heavy atom. The highest BCUT2D eigenvalue weighted by Gasteiger charge is 2.47. The fourth-order valence-corrected chi connectivity index (χ4v) is 2.62. The van der Waals surface area contributed by atoms with Crippen LogP contribution in [0.2, 0.25) is 0 Å². The van der Waals surface area contributed by atoms with Gasteiger partial charge >= 0.3 is 5.97 Å². The summed E-state index contributed by atoms with van der Waals surface area (Å²) in [5, 5.41) is 0. The van der Waals surface area contributed by atoms with Crippen molar-refractivity contribution in [3.05, 3.63) is 35.4 Å². The van der Waals surface area contributed by atoms with Crippen LogP contribution in [0.1, 0.15) is 37.0 Å². The van der Waals surface area contributed by atoms with Crippen molar-refractivity contribution in [2.75, 3.05) is 13.2 Å². The third-order valence-corrected chi connectivity index (χ3v) is 3.71. The van der Waals surface area contributed by atoms with E-state index in [2.05, 4.69) is 0 Å². The fourth-order valence-electron chi connectivity index (χ4n) is 2.62. The molecule has 1 fully saturated rings. The van der Waals surface area contributed by atoms with E-state index in [0.717, 1.165) is 12.1 Å². The van der Waals surface area contributed by atoms with Gasteiger partial charge in [-0.1, -0.05) is 0 Å². The molecule has 0 radical (unpaired) electrons. The Balaban J connectivity index is 2.31. The van der Waals surface area contributed by atoms with E-state index in [1.807, 2.05) is 0 Å². The molecule has 0 spiro atoms. The molecule has 0 aliphatic carbocycles. The molecule has 21 heavy (non-hydrogen) atoms. The first kappa shape index (κ1) is 15.4. The highest BCUT2D eigenvalue weighted by atomic mass is 19.1. The van der Waals surface area contributed by atoms with E-state index in [-0.39, 0.29) is 12.2 Å². The lowest BCUT2D eigenvalue weighted by molar-refractivity contribution is -0.153. The van der Waals surface area contributed by atoms with Gasteiger partial charge < -0.3 is 9.64 Å². The Kier molecular flexibility index (Phi) is 4.25. The molecule has 1 amide bonds. The van der Waals surface area contributed by atoms with Gasteiger partial charge in [0.1, 0.15) is 17.2 Å². The SMILES string of the molecule is CCOC(=O)C1(C)CCCN1C(=O)c1cc(F)cc(F)c1. The summed E-state index contributed by atoms with van der Waals surface area (Å²) in [4.78, 5) is 25.9. The highest BCUT2D eigenvalue weighted by molar-refractivity contribution is 5.98. The van der Waals surface area contributed by atoms with Gasteiger partial charge in [-0.05, 0) is 38.8 Å². The smallest absolute Gasteiger partial charge is 0.331 e. The van der Waals surface area contributed by atoms with E-state index in [1.165, 1.54) is 4.90 Å². The first-order chi connectivity index (χ1) is 9.88. The third kappa shape index (κ3) is 2.89. The molecular formula is C15H17F2NO3. The molecule has 6 heteroatoms. The number of rotatable bonds is 3. The van der Waals surface area contributed by atoms with E-state index in [1.54, 1.807) is 13.8 Å². The lowest BCUT2D eigenvalue weighted by Crippen LogP contribution is -2.51. The van der Waals surface area contributed by atoms with Crippen LogP contribution in [0.15, 0.2) is 18.2 Å². The Hall–Kier alpha value is -1.98. The van der Waals surface area contributed by atoms with E-state index >= 15 is 0 Å². The number of esters is 1. The molecule has 1 aromatic carbocycles. The third-order valence-electron chi connectivity index (χ3n) is 3.71. The first-order valence-electron chi connectivity index (χ1n) is 6.84. The van der Waals surface area contributed by atoms with E-state index < -0.39 is 29.0 Å². The maximum Gasteiger partial charge on any atom is 0.331 e. The number of benzene rings is 1. The van der Waals surface area contributed by atoms with Crippen LogP contribution in [0.25, 0.3) is 0 Å².